The van der Waals surface area contributed by atoms with Gasteiger partial charge in [0.25, 0.3) is 5.91 Å². The molecule has 158 valence electrons. The van der Waals surface area contributed by atoms with Gasteiger partial charge in [-0.1, -0.05) is 12.1 Å². The summed E-state index contributed by atoms with van der Waals surface area (Å²) in [5, 5.41) is 2.97. The number of ether oxygens (including phenoxy) is 2. The lowest BCUT2D eigenvalue weighted by Crippen LogP contribution is -2.13. The highest BCUT2D eigenvalue weighted by Crippen LogP contribution is 2.30. The highest BCUT2D eigenvalue weighted by Gasteiger charge is 2.15. The lowest BCUT2D eigenvalue weighted by Gasteiger charge is -2.11. The molecule has 1 aromatic heterocycles. The average Bonchev–Trinajstić information content (AvgIpc) is 3.19. The van der Waals surface area contributed by atoms with E-state index in [1.54, 1.807) is 32.4 Å². The van der Waals surface area contributed by atoms with Crippen molar-refractivity contribution < 1.29 is 18.7 Å². The second kappa shape index (κ2) is 8.14. The van der Waals surface area contributed by atoms with Gasteiger partial charge >= 0.3 is 0 Å². The van der Waals surface area contributed by atoms with Crippen molar-refractivity contribution in [2.24, 2.45) is 0 Å². The molecule has 0 saturated heterocycles. The number of fused-ring (bicyclic) bond motifs is 1. The van der Waals surface area contributed by atoms with Crippen LogP contribution in [-0.2, 0) is 0 Å². The van der Waals surface area contributed by atoms with Crippen molar-refractivity contribution in [3.63, 3.8) is 0 Å². The molecule has 0 aliphatic rings. The molecule has 0 aliphatic heterocycles. The van der Waals surface area contributed by atoms with Crippen molar-refractivity contribution in [3.8, 4) is 23.0 Å². The van der Waals surface area contributed by atoms with Gasteiger partial charge < -0.3 is 19.2 Å². The summed E-state index contributed by atoms with van der Waals surface area (Å²) in [6, 6.07) is 14.9. The number of benzene rings is 3. The third-order valence-corrected chi connectivity index (χ3v) is 5.17. The first-order chi connectivity index (χ1) is 14.9. The predicted molar refractivity (Wildman–Crippen MR) is 121 cm³/mol. The molecule has 0 saturated carbocycles. The highest BCUT2D eigenvalue weighted by atomic mass is 16.5. The Bertz CT molecular complexity index is 1270. The van der Waals surface area contributed by atoms with Gasteiger partial charge in [0, 0.05) is 22.9 Å². The fourth-order valence-electron chi connectivity index (χ4n) is 3.52. The lowest BCUT2D eigenvalue weighted by molar-refractivity contribution is 0.102. The zero-order valence-corrected chi connectivity index (χ0v) is 18.2. The van der Waals surface area contributed by atoms with E-state index in [9.17, 15) is 4.79 Å². The van der Waals surface area contributed by atoms with Gasteiger partial charge in [0.15, 0.2) is 5.58 Å². The van der Waals surface area contributed by atoms with E-state index < -0.39 is 0 Å². The predicted octanol–water partition coefficient (Wildman–Crippen LogP) is 5.69. The van der Waals surface area contributed by atoms with Crippen molar-refractivity contribution in [2.75, 3.05) is 19.5 Å². The third kappa shape index (κ3) is 4.10. The van der Waals surface area contributed by atoms with E-state index in [1.807, 2.05) is 45.0 Å². The molecule has 4 aromatic rings. The summed E-state index contributed by atoms with van der Waals surface area (Å²) in [4.78, 5) is 17.6. The van der Waals surface area contributed by atoms with Crippen LogP contribution in [0.3, 0.4) is 0 Å². The normalized spacial score (nSPS) is 10.9. The number of hydrogen-bond acceptors (Lipinski definition) is 5. The second-order valence-electron chi connectivity index (χ2n) is 7.53. The molecular weight excluding hydrogens is 392 g/mol. The molecule has 0 spiro atoms. The van der Waals surface area contributed by atoms with Gasteiger partial charge in [0.2, 0.25) is 5.89 Å². The van der Waals surface area contributed by atoms with Crippen LogP contribution < -0.4 is 14.8 Å². The number of oxazole rings is 1. The molecule has 0 atom stereocenters. The maximum atomic E-state index is 12.9. The second-order valence-corrected chi connectivity index (χ2v) is 7.53. The molecule has 0 aliphatic carbocycles. The van der Waals surface area contributed by atoms with Crippen LogP contribution in [-0.4, -0.2) is 25.1 Å². The number of methoxy groups -OCH3 is 2. The number of aryl methyl sites for hydroxylation is 3. The number of carbonyl (C=O) groups excluding carboxylic acids is 1. The first-order valence-electron chi connectivity index (χ1n) is 9.91. The zero-order valence-electron chi connectivity index (χ0n) is 18.2. The minimum atomic E-state index is -0.263. The summed E-state index contributed by atoms with van der Waals surface area (Å²) in [5.41, 5.74) is 6.61. The Balaban J connectivity index is 1.67. The number of rotatable bonds is 5. The van der Waals surface area contributed by atoms with Crippen molar-refractivity contribution in [1.82, 2.24) is 4.98 Å². The van der Waals surface area contributed by atoms with Crippen LogP contribution in [0.1, 0.15) is 27.0 Å². The summed E-state index contributed by atoms with van der Waals surface area (Å²) in [6.45, 7) is 5.98. The van der Waals surface area contributed by atoms with Gasteiger partial charge in [0.1, 0.15) is 17.0 Å². The van der Waals surface area contributed by atoms with Crippen LogP contribution in [0, 0.1) is 20.8 Å². The quantitative estimate of drug-likeness (QED) is 0.452. The van der Waals surface area contributed by atoms with E-state index in [0.29, 0.717) is 28.6 Å². The van der Waals surface area contributed by atoms with Crippen molar-refractivity contribution in [3.05, 3.63) is 70.8 Å². The molecular formula is C25H24N2O4. The molecule has 0 fully saturated rings. The molecule has 1 amide bonds. The van der Waals surface area contributed by atoms with E-state index in [0.717, 1.165) is 33.4 Å². The van der Waals surface area contributed by atoms with E-state index >= 15 is 0 Å². The maximum Gasteiger partial charge on any atom is 0.255 e. The Hall–Kier alpha value is -3.80. The number of hydrogen-bond donors (Lipinski definition) is 1. The fourth-order valence-corrected chi connectivity index (χ4v) is 3.52. The minimum absolute atomic E-state index is 0.263. The molecule has 0 unspecified atom stereocenters. The largest absolute Gasteiger partial charge is 0.497 e. The summed E-state index contributed by atoms with van der Waals surface area (Å²) in [7, 11) is 3.10. The average molecular weight is 416 g/mol. The Kier molecular flexibility index (Phi) is 5.38. The van der Waals surface area contributed by atoms with Gasteiger partial charge in [-0.05, 0) is 67.8 Å². The standard InChI is InChI=1S/C25H24N2O4/c1-14-8-16(3)23-22(9-14)27-25(31-23)17-7-6-15(2)21(12-17)26-24(28)18-10-19(29-4)13-20(11-18)30-5/h6-13H,1-5H3,(H,26,28). The Morgan fingerprint density at radius 2 is 1.61 bits per heavy atom. The van der Waals surface area contributed by atoms with Crippen LogP contribution in [0.25, 0.3) is 22.6 Å². The van der Waals surface area contributed by atoms with Crippen LogP contribution in [0.15, 0.2) is 52.9 Å². The van der Waals surface area contributed by atoms with Gasteiger partial charge in [-0.2, -0.15) is 0 Å². The molecule has 6 heteroatoms. The topological polar surface area (TPSA) is 73.6 Å². The summed E-state index contributed by atoms with van der Waals surface area (Å²) >= 11 is 0. The Morgan fingerprint density at radius 3 is 2.29 bits per heavy atom. The number of carbonyl (C=O) groups is 1. The highest BCUT2D eigenvalue weighted by molar-refractivity contribution is 6.05. The lowest BCUT2D eigenvalue weighted by atomic mass is 10.1. The van der Waals surface area contributed by atoms with E-state index in [4.69, 9.17) is 13.9 Å². The summed E-state index contributed by atoms with van der Waals surface area (Å²) in [5.74, 6) is 1.35. The summed E-state index contributed by atoms with van der Waals surface area (Å²) < 4.78 is 16.6. The number of amides is 1. The van der Waals surface area contributed by atoms with Crippen LogP contribution in [0.4, 0.5) is 5.69 Å². The molecule has 0 bridgehead atoms. The van der Waals surface area contributed by atoms with Crippen molar-refractivity contribution in [1.29, 1.82) is 0 Å². The fraction of sp³-hybridized carbons (Fsp3) is 0.200. The van der Waals surface area contributed by atoms with E-state index in [2.05, 4.69) is 16.4 Å². The SMILES string of the molecule is COc1cc(OC)cc(C(=O)Nc2cc(-c3nc4cc(C)cc(C)c4o3)ccc2C)c1. The van der Waals surface area contributed by atoms with Gasteiger partial charge in [-0.25, -0.2) is 4.98 Å². The molecule has 3 aromatic carbocycles. The van der Waals surface area contributed by atoms with Crippen molar-refractivity contribution in [2.45, 2.75) is 20.8 Å². The zero-order chi connectivity index (χ0) is 22.1. The monoisotopic (exact) mass is 416 g/mol. The van der Waals surface area contributed by atoms with Crippen molar-refractivity contribution >= 4 is 22.7 Å². The molecule has 6 nitrogen and oxygen atoms in total. The van der Waals surface area contributed by atoms with E-state index in [-0.39, 0.29) is 5.91 Å². The summed E-state index contributed by atoms with van der Waals surface area (Å²) in [6.07, 6.45) is 0. The van der Waals surface area contributed by atoms with Gasteiger partial charge in [-0.3, -0.25) is 4.79 Å². The first kappa shape index (κ1) is 20.5. The maximum absolute atomic E-state index is 12.9. The van der Waals surface area contributed by atoms with Gasteiger partial charge in [-0.15, -0.1) is 0 Å². The number of nitrogens with one attached hydrogen (secondary N) is 1. The number of anilines is 1. The van der Waals surface area contributed by atoms with Crippen LogP contribution >= 0.6 is 0 Å². The number of aromatic nitrogens is 1. The molecule has 4 rings (SSSR count). The van der Waals surface area contributed by atoms with Crippen LogP contribution in [0.5, 0.6) is 11.5 Å². The first-order valence-corrected chi connectivity index (χ1v) is 9.91. The molecule has 31 heavy (non-hydrogen) atoms. The smallest absolute Gasteiger partial charge is 0.255 e. The van der Waals surface area contributed by atoms with E-state index in [1.165, 1.54) is 0 Å². The van der Waals surface area contributed by atoms with Crippen LogP contribution in [0.2, 0.25) is 0 Å². The van der Waals surface area contributed by atoms with Gasteiger partial charge in [0.05, 0.1) is 14.2 Å². The Labute approximate surface area is 180 Å². The molecule has 1 heterocycles. The molecule has 1 N–H and O–H groups in total. The minimum Gasteiger partial charge on any atom is -0.497 e. The number of nitrogens with zero attached hydrogens (tertiary/aromatic N) is 1. The molecule has 0 radical (unpaired) electrons. The Morgan fingerprint density at radius 1 is 0.903 bits per heavy atom. The third-order valence-electron chi connectivity index (χ3n) is 5.17.